The Hall–Kier alpha value is -1.20. The molecule has 0 unspecified atom stereocenters. The lowest BCUT2D eigenvalue weighted by atomic mass is 10.2. The molecule has 2 rings (SSSR count). The Morgan fingerprint density at radius 2 is 2.17 bits per heavy atom. The van der Waals surface area contributed by atoms with E-state index in [0.717, 1.165) is 0 Å². The highest BCUT2D eigenvalue weighted by Crippen LogP contribution is 2.20. The van der Waals surface area contributed by atoms with Crippen molar-refractivity contribution in [1.29, 1.82) is 0 Å². The van der Waals surface area contributed by atoms with Crippen LogP contribution in [-0.2, 0) is 11.3 Å². The average Bonchev–Trinajstić information content (AvgIpc) is 2.38. The van der Waals surface area contributed by atoms with Crippen molar-refractivity contribution in [1.82, 2.24) is 10.3 Å². The Kier molecular flexibility index (Phi) is 4.49. The van der Waals surface area contributed by atoms with Gasteiger partial charge >= 0.3 is 0 Å². The molecule has 4 nitrogen and oxygen atoms in total. The van der Waals surface area contributed by atoms with Crippen molar-refractivity contribution in [3.05, 3.63) is 23.6 Å². The minimum Gasteiger partial charge on any atom is -0.378 e. The molecule has 0 saturated carbocycles. The third-order valence-corrected chi connectivity index (χ3v) is 2.96. The third kappa shape index (κ3) is 3.17. The molecule has 0 spiro atoms. The van der Waals surface area contributed by atoms with E-state index in [2.05, 4.69) is 10.3 Å². The van der Waals surface area contributed by atoms with Gasteiger partial charge in [-0.3, -0.25) is 0 Å². The molecule has 100 valence electrons. The lowest BCUT2D eigenvalue weighted by Gasteiger charge is -2.28. The highest BCUT2D eigenvalue weighted by molar-refractivity contribution is 5.43. The van der Waals surface area contributed by atoms with Crippen LogP contribution in [0.1, 0.15) is 19.4 Å². The van der Waals surface area contributed by atoms with Crippen molar-refractivity contribution >= 4 is 5.82 Å². The van der Waals surface area contributed by atoms with E-state index in [1.165, 1.54) is 0 Å². The second kappa shape index (κ2) is 6.11. The van der Waals surface area contributed by atoms with E-state index in [9.17, 15) is 4.39 Å². The molecule has 1 N–H and O–H groups in total. The van der Waals surface area contributed by atoms with Crippen molar-refractivity contribution in [3.63, 3.8) is 0 Å². The summed E-state index contributed by atoms with van der Waals surface area (Å²) in [6, 6.07) is 2.07. The first-order chi connectivity index (χ1) is 8.68. The summed E-state index contributed by atoms with van der Waals surface area (Å²) < 4.78 is 19.6. The second-order valence-electron chi connectivity index (χ2n) is 4.74. The van der Waals surface area contributed by atoms with Crippen LogP contribution in [0.3, 0.4) is 0 Å². The first-order valence-electron chi connectivity index (χ1n) is 6.38. The molecule has 1 aromatic heterocycles. The SMILES string of the molecule is CC(C)NCc1ccnc(N2CCOCC2)c1F. The zero-order valence-electron chi connectivity index (χ0n) is 10.9. The van der Waals surface area contributed by atoms with E-state index in [4.69, 9.17) is 4.74 Å². The van der Waals surface area contributed by atoms with Crippen LogP contribution in [0.5, 0.6) is 0 Å². The van der Waals surface area contributed by atoms with Crippen molar-refractivity contribution in [2.45, 2.75) is 26.4 Å². The maximum Gasteiger partial charge on any atom is 0.170 e. The summed E-state index contributed by atoms with van der Waals surface area (Å²) in [5.41, 5.74) is 0.667. The van der Waals surface area contributed by atoms with Gasteiger partial charge in [-0.2, -0.15) is 0 Å². The van der Waals surface area contributed by atoms with Gasteiger partial charge in [-0.1, -0.05) is 13.8 Å². The van der Waals surface area contributed by atoms with Gasteiger partial charge in [0.2, 0.25) is 0 Å². The molecular formula is C13H20FN3O. The molecule has 0 atom stereocenters. The Morgan fingerprint density at radius 3 is 2.83 bits per heavy atom. The number of halogens is 1. The molecule has 2 heterocycles. The van der Waals surface area contributed by atoms with Crippen molar-refractivity contribution in [2.24, 2.45) is 0 Å². The van der Waals surface area contributed by atoms with E-state index >= 15 is 0 Å². The topological polar surface area (TPSA) is 37.4 Å². The number of ether oxygens (including phenoxy) is 1. The summed E-state index contributed by atoms with van der Waals surface area (Å²) in [6.07, 6.45) is 1.67. The summed E-state index contributed by atoms with van der Waals surface area (Å²) in [4.78, 5) is 6.10. The zero-order valence-corrected chi connectivity index (χ0v) is 10.9. The summed E-state index contributed by atoms with van der Waals surface area (Å²) >= 11 is 0. The van der Waals surface area contributed by atoms with Gasteiger partial charge in [-0.05, 0) is 6.07 Å². The van der Waals surface area contributed by atoms with E-state index in [0.29, 0.717) is 50.3 Å². The van der Waals surface area contributed by atoms with Crippen molar-refractivity contribution in [2.75, 3.05) is 31.2 Å². The van der Waals surface area contributed by atoms with Gasteiger partial charge in [0, 0.05) is 37.4 Å². The van der Waals surface area contributed by atoms with Crippen LogP contribution < -0.4 is 10.2 Å². The van der Waals surface area contributed by atoms with Crippen LogP contribution in [0.4, 0.5) is 10.2 Å². The Labute approximate surface area is 107 Å². The number of hydrogen-bond acceptors (Lipinski definition) is 4. The fourth-order valence-electron chi connectivity index (χ4n) is 1.92. The molecule has 1 aliphatic rings. The number of nitrogens with zero attached hydrogens (tertiary/aromatic N) is 2. The van der Waals surface area contributed by atoms with Crippen LogP contribution in [0.2, 0.25) is 0 Å². The number of hydrogen-bond donors (Lipinski definition) is 1. The van der Waals surface area contributed by atoms with Gasteiger partial charge in [0.05, 0.1) is 13.2 Å². The molecule has 1 fully saturated rings. The minimum atomic E-state index is -0.215. The van der Waals surface area contributed by atoms with Crippen LogP contribution >= 0.6 is 0 Å². The monoisotopic (exact) mass is 253 g/mol. The number of rotatable bonds is 4. The summed E-state index contributed by atoms with van der Waals surface area (Å²) in [7, 11) is 0. The van der Waals surface area contributed by atoms with E-state index in [-0.39, 0.29) is 5.82 Å². The second-order valence-corrected chi connectivity index (χ2v) is 4.74. The first kappa shape index (κ1) is 13.2. The fourth-order valence-corrected chi connectivity index (χ4v) is 1.92. The molecule has 0 aliphatic carbocycles. The lowest BCUT2D eigenvalue weighted by Crippen LogP contribution is -2.37. The fraction of sp³-hybridized carbons (Fsp3) is 0.615. The molecular weight excluding hydrogens is 233 g/mol. The van der Waals surface area contributed by atoms with E-state index < -0.39 is 0 Å². The number of morpholine rings is 1. The Bertz CT molecular complexity index is 392. The van der Waals surface area contributed by atoms with Gasteiger partial charge < -0.3 is 15.0 Å². The first-order valence-corrected chi connectivity index (χ1v) is 6.38. The molecule has 0 amide bonds. The summed E-state index contributed by atoms with van der Waals surface area (Å²) in [6.45, 7) is 7.29. The van der Waals surface area contributed by atoms with Crippen LogP contribution in [0.25, 0.3) is 0 Å². The van der Waals surface area contributed by atoms with Crippen LogP contribution in [0.15, 0.2) is 12.3 Å². The third-order valence-electron chi connectivity index (χ3n) is 2.96. The Morgan fingerprint density at radius 1 is 1.44 bits per heavy atom. The number of anilines is 1. The zero-order chi connectivity index (χ0) is 13.0. The van der Waals surface area contributed by atoms with Crippen molar-refractivity contribution in [3.8, 4) is 0 Å². The van der Waals surface area contributed by atoms with Gasteiger partial charge in [0.1, 0.15) is 0 Å². The van der Waals surface area contributed by atoms with Crippen LogP contribution in [0, 0.1) is 5.82 Å². The number of pyridine rings is 1. The standard InChI is InChI=1S/C13H20FN3O/c1-10(2)16-9-11-3-4-15-13(12(11)14)17-5-7-18-8-6-17/h3-4,10,16H,5-9H2,1-2H3. The molecule has 0 aromatic carbocycles. The number of nitrogens with one attached hydrogen (secondary N) is 1. The van der Waals surface area contributed by atoms with E-state index in [1.807, 2.05) is 18.7 Å². The largest absolute Gasteiger partial charge is 0.378 e. The Balaban J connectivity index is 2.13. The highest BCUT2D eigenvalue weighted by Gasteiger charge is 2.18. The van der Waals surface area contributed by atoms with E-state index in [1.54, 1.807) is 12.3 Å². The molecule has 1 aliphatic heterocycles. The molecule has 0 radical (unpaired) electrons. The molecule has 1 saturated heterocycles. The quantitative estimate of drug-likeness (QED) is 0.883. The molecule has 0 bridgehead atoms. The van der Waals surface area contributed by atoms with Gasteiger partial charge in [-0.25, -0.2) is 9.37 Å². The van der Waals surface area contributed by atoms with Crippen molar-refractivity contribution < 1.29 is 9.13 Å². The van der Waals surface area contributed by atoms with Gasteiger partial charge in [-0.15, -0.1) is 0 Å². The maximum atomic E-state index is 14.3. The summed E-state index contributed by atoms with van der Waals surface area (Å²) in [5, 5.41) is 3.22. The van der Waals surface area contributed by atoms with Gasteiger partial charge in [0.25, 0.3) is 0 Å². The lowest BCUT2D eigenvalue weighted by molar-refractivity contribution is 0.122. The summed E-state index contributed by atoms with van der Waals surface area (Å²) in [5.74, 6) is 0.230. The highest BCUT2D eigenvalue weighted by atomic mass is 19.1. The molecule has 5 heteroatoms. The maximum absolute atomic E-state index is 14.3. The minimum absolute atomic E-state index is 0.215. The predicted molar refractivity (Wildman–Crippen MR) is 69.2 cm³/mol. The normalized spacial score (nSPS) is 16.3. The molecule has 1 aromatic rings. The van der Waals surface area contributed by atoms with Crippen LogP contribution in [-0.4, -0.2) is 37.3 Å². The average molecular weight is 253 g/mol. The predicted octanol–water partition coefficient (Wildman–Crippen LogP) is 1.56. The molecule has 18 heavy (non-hydrogen) atoms. The number of aromatic nitrogens is 1. The smallest absolute Gasteiger partial charge is 0.170 e. The van der Waals surface area contributed by atoms with Gasteiger partial charge in [0.15, 0.2) is 11.6 Å².